The van der Waals surface area contributed by atoms with Crippen molar-refractivity contribution in [1.29, 1.82) is 0 Å². The van der Waals surface area contributed by atoms with Crippen LogP contribution >= 0.6 is 0 Å². The third kappa shape index (κ3) is 62.9. The molecule has 10 N–H and O–H groups in total. The van der Waals surface area contributed by atoms with Crippen molar-refractivity contribution in [3.63, 3.8) is 0 Å². The quantitative estimate of drug-likeness (QED) is 0.0184. The fraction of sp³-hybridized carbons (Fsp3) is 0.692. The molecule has 0 aliphatic rings. The minimum absolute atomic E-state index is 0.132. The van der Waals surface area contributed by atoms with Crippen molar-refractivity contribution >= 4 is 47.5 Å². The number of carboxylic acids is 4. The predicted octanol–water partition coefficient (Wildman–Crippen LogP) is 25.3. The Morgan fingerprint density at radius 1 is 0.274 bits per heavy atom. The summed E-state index contributed by atoms with van der Waals surface area (Å²) in [6.07, 6.45) is 67.6. The number of unbranched alkanes of at least 4 members (excludes halogenated alkanes) is 48. The number of phenols is 2. The van der Waals surface area contributed by atoms with Crippen LogP contribution in [-0.4, -0.2) is 116 Å². The maximum absolute atomic E-state index is 12.4. The second-order valence-corrected chi connectivity index (χ2v) is 35.0. The zero-order valence-corrected chi connectivity index (χ0v) is 78.6. The Bertz CT molecular complexity index is 3330. The van der Waals surface area contributed by atoms with Crippen molar-refractivity contribution < 1.29 is 78.5 Å². The number of carbonyl (C=O) groups is 8. The molecule has 0 unspecified atom stereocenters. The molecule has 4 atom stereocenters. The first-order valence-electron chi connectivity index (χ1n) is 48.8. The van der Waals surface area contributed by atoms with Gasteiger partial charge < -0.3 is 61.4 Å². The Labute approximate surface area is 749 Å². The van der Waals surface area contributed by atoms with Crippen molar-refractivity contribution in [3.05, 3.63) is 119 Å². The SMILES string of the molecule is CCCCCCCCCCCCCCCC(=O)N[C@H](Cc1ccc(O)cc1)C(=O)O.CCCCCCCCCCCCCCCC(=O)N[C@H](Cc1ccc(OC)cc1)C(=O)O.CCCCCCCCCCCCCCCC(=O)N[C@](C)(Cc1ccc(O)cc1)C(=O)O.CCCCCCCCCCCCCCCC(=O)N[C@](C)(Cc1ccc(OC)cc1)C(=O)O. The van der Waals surface area contributed by atoms with Crippen molar-refractivity contribution in [1.82, 2.24) is 21.3 Å². The van der Waals surface area contributed by atoms with Gasteiger partial charge in [0.05, 0.1) is 14.2 Å². The number of ether oxygens (including phenoxy) is 2. The monoisotopic (exact) mass is 1730 g/mol. The molecule has 0 saturated heterocycles. The minimum atomic E-state index is -1.36. The lowest BCUT2D eigenvalue weighted by Crippen LogP contribution is -2.53. The van der Waals surface area contributed by atoms with Gasteiger partial charge in [0.1, 0.15) is 46.2 Å². The first-order valence-corrected chi connectivity index (χ1v) is 48.8. The number of nitrogens with one attached hydrogen (secondary N) is 4. The molecule has 4 rings (SSSR count). The highest BCUT2D eigenvalue weighted by molar-refractivity contribution is 5.88. The van der Waals surface area contributed by atoms with Crippen LogP contribution in [0, 0.1) is 0 Å². The molecule has 0 radical (unpaired) electrons. The topological polar surface area (TPSA) is 325 Å². The van der Waals surface area contributed by atoms with E-state index in [4.69, 9.17) is 9.47 Å². The van der Waals surface area contributed by atoms with E-state index in [2.05, 4.69) is 49.0 Å². The van der Waals surface area contributed by atoms with Crippen LogP contribution in [0.25, 0.3) is 0 Å². The van der Waals surface area contributed by atoms with E-state index in [0.29, 0.717) is 25.7 Å². The van der Waals surface area contributed by atoms with Crippen molar-refractivity contribution in [2.24, 2.45) is 0 Å². The molecule has 4 aromatic carbocycles. The van der Waals surface area contributed by atoms with E-state index in [-0.39, 0.29) is 60.8 Å². The van der Waals surface area contributed by atoms with Crippen LogP contribution in [0.15, 0.2) is 97.1 Å². The number of carboxylic acid groups (broad SMARTS) is 4. The Balaban J connectivity index is 0.000000827. The lowest BCUT2D eigenvalue weighted by molar-refractivity contribution is -0.147. The van der Waals surface area contributed by atoms with E-state index < -0.39 is 47.0 Å². The van der Waals surface area contributed by atoms with Crippen LogP contribution < -0.4 is 30.7 Å². The number of carbonyl (C=O) groups excluding carboxylic acids is 4. The minimum Gasteiger partial charge on any atom is -0.508 e. The number of amides is 4. The first-order chi connectivity index (χ1) is 59.9. The van der Waals surface area contributed by atoms with Gasteiger partial charge in [0.15, 0.2) is 0 Å². The normalized spacial score (nSPS) is 12.4. The molecule has 0 aliphatic heterocycles. The van der Waals surface area contributed by atoms with Crippen LogP contribution in [0.4, 0.5) is 0 Å². The molecule has 4 amide bonds. The van der Waals surface area contributed by atoms with E-state index >= 15 is 0 Å². The van der Waals surface area contributed by atoms with Gasteiger partial charge in [0.25, 0.3) is 0 Å². The highest BCUT2D eigenvalue weighted by Crippen LogP contribution is 2.24. The molecule has 4 aromatic rings. The van der Waals surface area contributed by atoms with Gasteiger partial charge >= 0.3 is 23.9 Å². The van der Waals surface area contributed by atoms with Crippen molar-refractivity contribution in [2.75, 3.05) is 14.2 Å². The van der Waals surface area contributed by atoms with Crippen LogP contribution in [0.5, 0.6) is 23.0 Å². The number of methoxy groups -OCH3 is 2. The molecule has 0 aliphatic carbocycles. The molecule has 20 heteroatoms. The molecular weight excluding hydrogens is 1560 g/mol. The zero-order valence-electron chi connectivity index (χ0n) is 78.6. The molecule has 704 valence electrons. The third-order valence-electron chi connectivity index (χ3n) is 23.3. The van der Waals surface area contributed by atoms with E-state index in [1.54, 1.807) is 69.7 Å². The lowest BCUT2D eigenvalue weighted by atomic mass is 9.92. The predicted molar refractivity (Wildman–Crippen MR) is 506 cm³/mol. The molecule has 0 heterocycles. The number of hydrogen-bond acceptors (Lipinski definition) is 12. The van der Waals surface area contributed by atoms with Crippen LogP contribution in [-0.2, 0) is 64.0 Å². The van der Waals surface area contributed by atoms with Crippen LogP contribution in [0.2, 0.25) is 0 Å². The Morgan fingerprint density at radius 3 is 0.661 bits per heavy atom. The maximum atomic E-state index is 12.4. The van der Waals surface area contributed by atoms with E-state index in [9.17, 15) is 69.0 Å². The summed E-state index contributed by atoms with van der Waals surface area (Å²) in [6, 6.07) is 25.4. The number of aromatic hydroxyl groups is 2. The van der Waals surface area contributed by atoms with E-state index in [0.717, 1.165) is 111 Å². The van der Waals surface area contributed by atoms with E-state index in [1.165, 1.54) is 288 Å². The Morgan fingerprint density at radius 2 is 0.460 bits per heavy atom. The molecule has 0 saturated carbocycles. The second kappa shape index (κ2) is 76.1. The summed E-state index contributed by atoms with van der Waals surface area (Å²) in [5, 5.41) is 67.5. The summed E-state index contributed by atoms with van der Waals surface area (Å²) >= 11 is 0. The summed E-state index contributed by atoms with van der Waals surface area (Å²) < 4.78 is 10.3. The average Bonchev–Trinajstić information content (AvgIpc) is 0.838. The Hall–Kier alpha value is -8.16. The number of rotatable bonds is 74. The largest absolute Gasteiger partial charge is 0.508 e. The lowest BCUT2D eigenvalue weighted by Gasteiger charge is -2.26. The standard InChI is InChI=1S/C27H45NO4.2C26H43NO4.C25H41NO4/c1-4-5-6-7-8-9-10-11-12-13-14-15-16-17-25(29)28-27(2,26(30)31)22-23-18-20-24(32-3)21-19-23;1-3-4-5-6-7-8-9-10-11-12-13-14-15-16-25(28)27-24(26(29)30)21-22-17-19-23(31-2)20-18-22;1-3-4-5-6-7-8-9-10-11-12-13-14-15-16-24(29)27-26(2,25(30)31)21-22-17-19-23(28)20-18-22;1-2-3-4-5-6-7-8-9-10-11-12-13-14-15-24(28)26-23(25(29)30)20-21-16-18-22(27)19-17-21/h18-21H,4-17,22H2,1-3H3,(H,28,29)(H,30,31);17-20,24H,3-16,21H2,1-2H3,(H,27,28)(H,29,30);17-20,28H,3-16,21H2,1-2H3,(H,27,29)(H,30,31);16-19,23,27H,2-15,20H2,1H3,(H,26,28)(H,29,30)/t27-;24-;26-;23-/m1111/s1. The highest BCUT2D eigenvalue weighted by atomic mass is 16.5. The molecule has 0 spiro atoms. The average molecular weight is 1730 g/mol. The zero-order chi connectivity index (χ0) is 91.4. The van der Waals surface area contributed by atoms with Crippen LogP contribution in [0.1, 0.15) is 423 Å². The molecule has 0 aromatic heterocycles. The van der Waals surface area contributed by atoms with E-state index in [1.807, 2.05) is 24.3 Å². The molecule has 0 fully saturated rings. The van der Waals surface area contributed by atoms with Crippen molar-refractivity contribution in [3.8, 4) is 23.0 Å². The fourth-order valence-corrected chi connectivity index (χ4v) is 15.3. The summed E-state index contributed by atoms with van der Waals surface area (Å²) in [4.78, 5) is 95.4. The van der Waals surface area contributed by atoms with Gasteiger partial charge in [-0.15, -0.1) is 0 Å². The first kappa shape index (κ1) is 114. The molecule has 20 nitrogen and oxygen atoms in total. The summed E-state index contributed by atoms with van der Waals surface area (Å²) in [6.45, 7) is 12.1. The van der Waals surface area contributed by atoms with Gasteiger partial charge in [-0.2, -0.15) is 0 Å². The fourth-order valence-electron chi connectivity index (χ4n) is 15.3. The summed E-state index contributed by atoms with van der Waals surface area (Å²) in [5.74, 6) is -3.20. The number of hydrogen-bond donors (Lipinski definition) is 10. The number of phenolic OH excluding ortho intramolecular Hbond substituents is 2. The maximum Gasteiger partial charge on any atom is 0.329 e. The number of benzene rings is 4. The second-order valence-electron chi connectivity index (χ2n) is 35.0. The smallest absolute Gasteiger partial charge is 0.329 e. The molecule has 0 bridgehead atoms. The van der Waals surface area contributed by atoms with Crippen LogP contribution in [0.3, 0.4) is 0 Å². The van der Waals surface area contributed by atoms with Gasteiger partial charge in [0, 0.05) is 51.4 Å². The summed E-state index contributed by atoms with van der Waals surface area (Å²) in [5.41, 5.74) is 0.545. The Kier molecular flexibility index (Phi) is 69.9. The van der Waals surface area contributed by atoms with Gasteiger partial charge in [-0.1, -0.05) is 384 Å². The van der Waals surface area contributed by atoms with Gasteiger partial charge in [0.2, 0.25) is 23.6 Å². The highest BCUT2D eigenvalue weighted by Gasteiger charge is 2.36. The molecular formula is C104H172N4O16. The third-order valence-corrected chi connectivity index (χ3v) is 23.3. The summed E-state index contributed by atoms with van der Waals surface area (Å²) in [7, 11) is 3.18. The number of aliphatic carboxylic acids is 4. The van der Waals surface area contributed by atoms with Crippen molar-refractivity contribution in [2.45, 2.75) is 450 Å². The molecule has 124 heavy (non-hydrogen) atoms. The van der Waals surface area contributed by atoms with Gasteiger partial charge in [-0.05, 0) is 110 Å². The van der Waals surface area contributed by atoms with Gasteiger partial charge in [-0.25, -0.2) is 19.2 Å². The van der Waals surface area contributed by atoms with Gasteiger partial charge in [-0.3, -0.25) is 19.2 Å².